The summed E-state index contributed by atoms with van der Waals surface area (Å²) in [5.74, 6) is 0.201. The highest BCUT2D eigenvalue weighted by atomic mass is 16.3. The van der Waals surface area contributed by atoms with Crippen LogP contribution in [0.1, 0.15) is 24.1 Å². The molecule has 0 spiro atoms. The number of phenols is 2. The Morgan fingerprint density at radius 2 is 1.56 bits per heavy atom. The van der Waals surface area contributed by atoms with Gasteiger partial charge in [0.1, 0.15) is 11.5 Å². The minimum Gasteiger partial charge on any atom is -0.507 e. The first-order valence-corrected chi connectivity index (χ1v) is 5.92. The second kappa shape index (κ2) is 5.00. The fourth-order valence-electron chi connectivity index (χ4n) is 2.03. The van der Waals surface area contributed by atoms with Gasteiger partial charge in [-0.2, -0.15) is 0 Å². The quantitative estimate of drug-likeness (QED) is 0.772. The number of anilines is 1. The lowest BCUT2D eigenvalue weighted by Crippen LogP contribution is -2.08. The van der Waals surface area contributed by atoms with Gasteiger partial charge in [-0.1, -0.05) is 24.3 Å². The number of rotatable bonds is 3. The molecule has 3 nitrogen and oxygen atoms in total. The SMILES string of the molecule is Cc1ccccc1NC(C)c1c(O)cccc1O. The molecule has 0 saturated heterocycles. The number of hydrogen-bond acceptors (Lipinski definition) is 3. The van der Waals surface area contributed by atoms with Gasteiger partial charge in [0.2, 0.25) is 0 Å². The molecule has 0 radical (unpaired) electrons. The van der Waals surface area contributed by atoms with Gasteiger partial charge in [-0.3, -0.25) is 0 Å². The van der Waals surface area contributed by atoms with E-state index in [1.165, 1.54) is 0 Å². The Balaban J connectivity index is 2.28. The fraction of sp³-hybridized carbons (Fsp3) is 0.200. The molecular weight excluding hydrogens is 226 g/mol. The van der Waals surface area contributed by atoms with Crippen molar-refractivity contribution in [1.82, 2.24) is 0 Å². The van der Waals surface area contributed by atoms with E-state index in [1.807, 2.05) is 38.1 Å². The van der Waals surface area contributed by atoms with Crippen LogP contribution < -0.4 is 5.32 Å². The van der Waals surface area contributed by atoms with Gasteiger partial charge >= 0.3 is 0 Å². The van der Waals surface area contributed by atoms with Crippen molar-refractivity contribution in [2.75, 3.05) is 5.32 Å². The molecular formula is C15H17NO2. The van der Waals surface area contributed by atoms with Crippen LogP contribution in [-0.4, -0.2) is 10.2 Å². The molecule has 0 aromatic heterocycles. The van der Waals surface area contributed by atoms with E-state index in [4.69, 9.17) is 0 Å². The van der Waals surface area contributed by atoms with Crippen LogP contribution in [-0.2, 0) is 0 Å². The lowest BCUT2D eigenvalue weighted by molar-refractivity contribution is 0.434. The van der Waals surface area contributed by atoms with Crippen LogP contribution in [0.3, 0.4) is 0 Å². The summed E-state index contributed by atoms with van der Waals surface area (Å²) in [7, 11) is 0. The predicted molar refractivity (Wildman–Crippen MR) is 73.0 cm³/mol. The van der Waals surface area contributed by atoms with Crippen molar-refractivity contribution in [2.45, 2.75) is 19.9 Å². The first kappa shape index (κ1) is 12.3. The Hall–Kier alpha value is -2.16. The van der Waals surface area contributed by atoms with Crippen molar-refractivity contribution < 1.29 is 10.2 Å². The first-order chi connectivity index (χ1) is 8.59. The van der Waals surface area contributed by atoms with E-state index in [0.717, 1.165) is 11.3 Å². The molecule has 2 aromatic carbocycles. The minimum absolute atomic E-state index is 0.101. The highest BCUT2D eigenvalue weighted by Crippen LogP contribution is 2.34. The molecule has 2 rings (SSSR count). The van der Waals surface area contributed by atoms with Crippen LogP contribution in [0.5, 0.6) is 11.5 Å². The maximum absolute atomic E-state index is 9.81. The van der Waals surface area contributed by atoms with Crippen molar-refractivity contribution in [3.8, 4) is 11.5 Å². The summed E-state index contributed by atoms with van der Waals surface area (Å²) in [6.07, 6.45) is 0. The molecule has 18 heavy (non-hydrogen) atoms. The Morgan fingerprint density at radius 3 is 2.17 bits per heavy atom. The van der Waals surface area contributed by atoms with Crippen molar-refractivity contribution in [2.24, 2.45) is 0 Å². The molecule has 3 heteroatoms. The van der Waals surface area contributed by atoms with Gasteiger partial charge in [-0.25, -0.2) is 0 Å². The molecule has 1 atom stereocenters. The fourth-order valence-corrected chi connectivity index (χ4v) is 2.03. The molecule has 0 aliphatic carbocycles. The van der Waals surface area contributed by atoms with E-state index in [0.29, 0.717) is 5.56 Å². The zero-order valence-corrected chi connectivity index (χ0v) is 10.5. The van der Waals surface area contributed by atoms with Gasteiger partial charge in [-0.05, 0) is 37.6 Å². The minimum atomic E-state index is -0.174. The number of hydrogen-bond donors (Lipinski definition) is 3. The maximum Gasteiger partial charge on any atom is 0.124 e. The summed E-state index contributed by atoms with van der Waals surface area (Å²) in [4.78, 5) is 0. The average molecular weight is 243 g/mol. The monoisotopic (exact) mass is 243 g/mol. The maximum atomic E-state index is 9.81. The molecule has 2 aromatic rings. The third kappa shape index (κ3) is 2.40. The summed E-state index contributed by atoms with van der Waals surface area (Å²) >= 11 is 0. The highest BCUT2D eigenvalue weighted by molar-refractivity contribution is 5.54. The number of phenolic OH excluding ortho intramolecular Hbond substituents is 2. The topological polar surface area (TPSA) is 52.5 Å². The molecule has 94 valence electrons. The van der Waals surface area contributed by atoms with E-state index in [1.54, 1.807) is 18.2 Å². The smallest absolute Gasteiger partial charge is 0.124 e. The molecule has 0 bridgehead atoms. The predicted octanol–water partition coefficient (Wildman–Crippen LogP) is 3.58. The first-order valence-electron chi connectivity index (χ1n) is 5.92. The Labute approximate surface area is 107 Å². The normalized spacial score (nSPS) is 12.1. The molecule has 0 fully saturated rings. The zero-order valence-electron chi connectivity index (χ0n) is 10.5. The Bertz CT molecular complexity index is 532. The summed E-state index contributed by atoms with van der Waals surface area (Å²) in [6, 6.07) is 12.5. The van der Waals surface area contributed by atoms with Crippen LogP contribution in [0.15, 0.2) is 42.5 Å². The van der Waals surface area contributed by atoms with Crippen LogP contribution in [0.25, 0.3) is 0 Å². The standard InChI is InChI=1S/C15H17NO2/c1-10-6-3-4-7-12(10)16-11(2)15-13(17)8-5-9-14(15)18/h3-9,11,16-18H,1-2H3. The number of para-hydroxylation sites is 1. The summed E-state index contributed by atoms with van der Waals surface area (Å²) < 4.78 is 0. The van der Waals surface area contributed by atoms with E-state index >= 15 is 0 Å². The third-order valence-corrected chi connectivity index (χ3v) is 3.01. The van der Waals surface area contributed by atoms with E-state index in [2.05, 4.69) is 5.32 Å². The number of aryl methyl sites for hydroxylation is 1. The van der Waals surface area contributed by atoms with Gasteiger partial charge < -0.3 is 15.5 Å². The molecule has 0 aliphatic heterocycles. The molecule has 0 amide bonds. The van der Waals surface area contributed by atoms with Crippen molar-refractivity contribution in [3.63, 3.8) is 0 Å². The summed E-state index contributed by atoms with van der Waals surface area (Å²) in [5, 5.41) is 22.9. The zero-order chi connectivity index (χ0) is 13.1. The lowest BCUT2D eigenvalue weighted by atomic mass is 10.0. The lowest BCUT2D eigenvalue weighted by Gasteiger charge is -2.19. The molecule has 1 unspecified atom stereocenters. The van der Waals surface area contributed by atoms with Gasteiger partial charge in [-0.15, -0.1) is 0 Å². The number of nitrogens with one attached hydrogen (secondary N) is 1. The van der Waals surface area contributed by atoms with E-state index in [9.17, 15) is 10.2 Å². The van der Waals surface area contributed by atoms with Gasteiger partial charge in [0.15, 0.2) is 0 Å². The highest BCUT2D eigenvalue weighted by Gasteiger charge is 2.15. The Kier molecular flexibility index (Phi) is 3.42. The summed E-state index contributed by atoms with van der Waals surface area (Å²) in [5.41, 5.74) is 2.63. The Morgan fingerprint density at radius 1 is 0.944 bits per heavy atom. The second-order valence-electron chi connectivity index (χ2n) is 4.39. The van der Waals surface area contributed by atoms with Crippen molar-refractivity contribution >= 4 is 5.69 Å². The van der Waals surface area contributed by atoms with Crippen LogP contribution in [0, 0.1) is 6.92 Å². The largest absolute Gasteiger partial charge is 0.507 e. The second-order valence-corrected chi connectivity index (χ2v) is 4.39. The van der Waals surface area contributed by atoms with Gasteiger partial charge in [0.25, 0.3) is 0 Å². The van der Waals surface area contributed by atoms with E-state index in [-0.39, 0.29) is 17.5 Å². The van der Waals surface area contributed by atoms with Crippen LogP contribution >= 0.6 is 0 Å². The molecule has 0 aliphatic rings. The summed E-state index contributed by atoms with van der Waals surface area (Å²) in [6.45, 7) is 3.92. The van der Waals surface area contributed by atoms with Crippen molar-refractivity contribution in [1.29, 1.82) is 0 Å². The number of benzene rings is 2. The third-order valence-electron chi connectivity index (χ3n) is 3.01. The van der Waals surface area contributed by atoms with Gasteiger partial charge in [0.05, 0.1) is 11.6 Å². The van der Waals surface area contributed by atoms with E-state index < -0.39 is 0 Å². The number of aromatic hydroxyl groups is 2. The van der Waals surface area contributed by atoms with Gasteiger partial charge in [0, 0.05) is 5.69 Å². The molecule has 0 heterocycles. The molecule has 3 N–H and O–H groups in total. The van der Waals surface area contributed by atoms with Crippen molar-refractivity contribution in [3.05, 3.63) is 53.6 Å². The van der Waals surface area contributed by atoms with Crippen LogP contribution in [0.4, 0.5) is 5.69 Å². The molecule has 0 saturated carbocycles. The van der Waals surface area contributed by atoms with Crippen LogP contribution in [0.2, 0.25) is 0 Å². The average Bonchev–Trinajstić information content (AvgIpc) is 2.32.